The van der Waals surface area contributed by atoms with E-state index in [0.29, 0.717) is 11.1 Å². The van der Waals surface area contributed by atoms with Crippen LogP contribution in [0.15, 0.2) is 42.7 Å². The molecule has 0 saturated heterocycles. The number of fused-ring (bicyclic) bond motifs is 1. The summed E-state index contributed by atoms with van der Waals surface area (Å²) in [6.45, 7) is 4.82. The van der Waals surface area contributed by atoms with Gasteiger partial charge in [0.1, 0.15) is 0 Å². The van der Waals surface area contributed by atoms with Gasteiger partial charge in [-0.25, -0.2) is 0 Å². The highest BCUT2D eigenvalue weighted by Gasteiger charge is 2.15. The molecule has 0 amide bonds. The summed E-state index contributed by atoms with van der Waals surface area (Å²) in [4.78, 5) is 17.2. The van der Waals surface area contributed by atoms with E-state index in [4.69, 9.17) is 0 Å². The Bertz CT molecular complexity index is 805. The number of aromatic nitrogens is 3. The SMILES string of the molecule is CCCn1cc(C(=O)c2cc(C)nc3ccccc23)cn1. The number of para-hydroxylation sites is 1. The van der Waals surface area contributed by atoms with Gasteiger partial charge in [-0.2, -0.15) is 5.10 Å². The molecule has 0 aliphatic heterocycles. The summed E-state index contributed by atoms with van der Waals surface area (Å²) in [6.07, 6.45) is 4.45. The zero-order valence-corrected chi connectivity index (χ0v) is 12.2. The van der Waals surface area contributed by atoms with E-state index in [2.05, 4.69) is 17.0 Å². The fraction of sp³-hybridized carbons (Fsp3) is 0.235. The van der Waals surface area contributed by atoms with Gasteiger partial charge in [-0.1, -0.05) is 25.1 Å². The average molecular weight is 279 g/mol. The molecule has 4 heteroatoms. The molecule has 21 heavy (non-hydrogen) atoms. The minimum Gasteiger partial charge on any atom is -0.288 e. The molecule has 3 aromatic rings. The van der Waals surface area contributed by atoms with Gasteiger partial charge in [0.25, 0.3) is 0 Å². The maximum atomic E-state index is 12.7. The molecule has 0 fully saturated rings. The van der Waals surface area contributed by atoms with Crippen LogP contribution in [-0.2, 0) is 6.54 Å². The van der Waals surface area contributed by atoms with Crippen molar-refractivity contribution in [1.29, 1.82) is 0 Å². The van der Waals surface area contributed by atoms with Crippen LogP contribution in [0.4, 0.5) is 0 Å². The molecular formula is C17H17N3O. The molecule has 0 aliphatic rings. The zero-order valence-electron chi connectivity index (χ0n) is 12.2. The van der Waals surface area contributed by atoms with Gasteiger partial charge in [-0.05, 0) is 25.5 Å². The Morgan fingerprint density at radius 1 is 1.29 bits per heavy atom. The van der Waals surface area contributed by atoms with E-state index in [-0.39, 0.29) is 5.78 Å². The quantitative estimate of drug-likeness (QED) is 0.688. The first kappa shape index (κ1) is 13.5. The van der Waals surface area contributed by atoms with Crippen molar-refractivity contribution in [3.8, 4) is 0 Å². The third kappa shape index (κ3) is 2.57. The van der Waals surface area contributed by atoms with Crippen molar-refractivity contribution in [3.05, 3.63) is 59.5 Å². The van der Waals surface area contributed by atoms with Crippen LogP contribution in [0.3, 0.4) is 0 Å². The minimum atomic E-state index is -0.000877. The lowest BCUT2D eigenvalue weighted by Crippen LogP contribution is -2.03. The van der Waals surface area contributed by atoms with Crippen LogP contribution < -0.4 is 0 Å². The van der Waals surface area contributed by atoms with E-state index in [0.717, 1.165) is 29.6 Å². The number of benzene rings is 1. The summed E-state index contributed by atoms with van der Waals surface area (Å²) in [5.41, 5.74) is 3.01. The summed E-state index contributed by atoms with van der Waals surface area (Å²) in [6, 6.07) is 9.58. The second-order valence-corrected chi connectivity index (χ2v) is 5.15. The predicted molar refractivity (Wildman–Crippen MR) is 82.4 cm³/mol. The van der Waals surface area contributed by atoms with Crippen LogP contribution in [0.25, 0.3) is 10.9 Å². The van der Waals surface area contributed by atoms with Gasteiger partial charge in [0.2, 0.25) is 0 Å². The third-order valence-electron chi connectivity index (χ3n) is 3.44. The summed E-state index contributed by atoms with van der Waals surface area (Å²) in [5, 5.41) is 5.12. The van der Waals surface area contributed by atoms with Crippen LogP contribution in [-0.4, -0.2) is 20.5 Å². The third-order valence-corrected chi connectivity index (χ3v) is 3.44. The smallest absolute Gasteiger partial charge is 0.196 e. The molecule has 2 aromatic heterocycles. The number of nitrogens with zero attached hydrogens (tertiary/aromatic N) is 3. The molecular weight excluding hydrogens is 262 g/mol. The van der Waals surface area contributed by atoms with E-state index in [1.54, 1.807) is 6.20 Å². The first-order valence-corrected chi connectivity index (χ1v) is 7.12. The lowest BCUT2D eigenvalue weighted by molar-refractivity contribution is 0.104. The molecule has 3 rings (SSSR count). The molecule has 106 valence electrons. The minimum absolute atomic E-state index is 0.000877. The normalized spacial score (nSPS) is 11.0. The van der Waals surface area contributed by atoms with Gasteiger partial charge in [-0.3, -0.25) is 14.5 Å². The van der Waals surface area contributed by atoms with Crippen molar-refractivity contribution >= 4 is 16.7 Å². The van der Waals surface area contributed by atoms with Crippen LogP contribution in [0.1, 0.15) is 35.0 Å². The van der Waals surface area contributed by atoms with Gasteiger partial charge in [-0.15, -0.1) is 0 Å². The van der Waals surface area contributed by atoms with Crippen LogP contribution in [0, 0.1) is 6.92 Å². The highest BCUT2D eigenvalue weighted by molar-refractivity contribution is 6.15. The van der Waals surface area contributed by atoms with Crippen LogP contribution in [0.5, 0.6) is 0 Å². The van der Waals surface area contributed by atoms with Gasteiger partial charge < -0.3 is 0 Å². The Balaban J connectivity index is 2.08. The maximum Gasteiger partial charge on any atom is 0.196 e. The van der Waals surface area contributed by atoms with Crippen molar-refractivity contribution in [3.63, 3.8) is 0 Å². The number of carbonyl (C=O) groups excluding carboxylic acids is 1. The van der Waals surface area contributed by atoms with Crippen LogP contribution >= 0.6 is 0 Å². The number of hydrogen-bond donors (Lipinski definition) is 0. The van der Waals surface area contributed by atoms with Gasteiger partial charge >= 0.3 is 0 Å². The molecule has 0 spiro atoms. The Hall–Kier alpha value is -2.49. The average Bonchev–Trinajstić information content (AvgIpc) is 2.94. The summed E-state index contributed by atoms with van der Waals surface area (Å²) in [5.74, 6) is -0.000877. The fourth-order valence-electron chi connectivity index (χ4n) is 2.48. The molecule has 0 aliphatic carbocycles. The second-order valence-electron chi connectivity index (χ2n) is 5.15. The van der Waals surface area contributed by atoms with Gasteiger partial charge in [0, 0.05) is 29.4 Å². The summed E-state index contributed by atoms with van der Waals surface area (Å²) >= 11 is 0. The van der Waals surface area contributed by atoms with Gasteiger partial charge in [0.15, 0.2) is 5.78 Å². The molecule has 0 bridgehead atoms. The highest BCUT2D eigenvalue weighted by atomic mass is 16.1. The number of rotatable bonds is 4. The molecule has 0 atom stereocenters. The largest absolute Gasteiger partial charge is 0.288 e. The Morgan fingerprint density at radius 3 is 2.90 bits per heavy atom. The first-order chi connectivity index (χ1) is 10.2. The molecule has 0 unspecified atom stereocenters. The monoisotopic (exact) mass is 279 g/mol. The predicted octanol–water partition coefficient (Wildman–Crippen LogP) is 3.38. The zero-order chi connectivity index (χ0) is 14.8. The number of carbonyl (C=O) groups is 1. The summed E-state index contributed by atoms with van der Waals surface area (Å²) in [7, 11) is 0. The van der Waals surface area contributed by atoms with E-state index in [1.165, 1.54) is 0 Å². The molecule has 0 saturated carbocycles. The Kier molecular flexibility index (Phi) is 3.52. The number of ketones is 1. The van der Waals surface area contributed by atoms with E-state index >= 15 is 0 Å². The summed E-state index contributed by atoms with van der Waals surface area (Å²) < 4.78 is 1.81. The highest BCUT2D eigenvalue weighted by Crippen LogP contribution is 2.21. The molecule has 4 nitrogen and oxygen atoms in total. The van der Waals surface area contributed by atoms with Crippen molar-refractivity contribution in [2.24, 2.45) is 0 Å². The maximum absolute atomic E-state index is 12.7. The Labute approximate surface area is 123 Å². The Morgan fingerprint density at radius 2 is 2.10 bits per heavy atom. The van der Waals surface area contributed by atoms with Crippen molar-refractivity contribution in [2.75, 3.05) is 0 Å². The van der Waals surface area contributed by atoms with Crippen molar-refractivity contribution in [2.45, 2.75) is 26.8 Å². The van der Waals surface area contributed by atoms with Crippen LogP contribution in [0.2, 0.25) is 0 Å². The molecule has 1 aromatic carbocycles. The molecule has 2 heterocycles. The number of pyridine rings is 1. The van der Waals surface area contributed by atoms with E-state index in [9.17, 15) is 4.79 Å². The second kappa shape index (κ2) is 5.48. The molecule has 0 radical (unpaired) electrons. The van der Waals surface area contributed by atoms with Gasteiger partial charge in [0.05, 0.1) is 17.3 Å². The standard InChI is InChI=1S/C17H17N3O/c1-3-8-20-11-13(10-18-20)17(21)15-9-12(2)19-16-7-5-4-6-14(15)16/h4-7,9-11H,3,8H2,1-2H3. The van der Waals surface area contributed by atoms with Crippen molar-refractivity contribution < 1.29 is 4.79 Å². The lowest BCUT2D eigenvalue weighted by Gasteiger charge is -2.05. The number of hydrogen-bond acceptors (Lipinski definition) is 3. The van der Waals surface area contributed by atoms with E-state index < -0.39 is 0 Å². The fourth-order valence-corrected chi connectivity index (χ4v) is 2.48. The molecule has 0 N–H and O–H groups in total. The van der Waals surface area contributed by atoms with E-state index in [1.807, 2.05) is 48.1 Å². The topological polar surface area (TPSA) is 47.8 Å². The van der Waals surface area contributed by atoms with Crippen molar-refractivity contribution in [1.82, 2.24) is 14.8 Å². The lowest BCUT2D eigenvalue weighted by atomic mass is 10.0. The first-order valence-electron chi connectivity index (χ1n) is 7.12. The number of aryl methyl sites for hydroxylation is 2.